The lowest BCUT2D eigenvalue weighted by molar-refractivity contribution is -0.387. The monoisotopic (exact) mass is 442 g/mol. The summed E-state index contributed by atoms with van der Waals surface area (Å²) in [5, 5.41) is 20.7. The van der Waals surface area contributed by atoms with Gasteiger partial charge in [0, 0.05) is 17.7 Å². The van der Waals surface area contributed by atoms with E-state index in [0.717, 1.165) is 11.6 Å². The van der Waals surface area contributed by atoms with Crippen molar-refractivity contribution in [1.29, 1.82) is 0 Å². The number of rotatable bonds is 3. The third-order valence-corrected chi connectivity index (χ3v) is 4.22. The summed E-state index contributed by atoms with van der Waals surface area (Å²) in [7, 11) is 0. The van der Waals surface area contributed by atoms with Gasteiger partial charge in [-0.3, -0.25) is 20.2 Å². The Morgan fingerprint density at radius 2 is 1.56 bits per heavy atom. The Kier molecular flexibility index (Phi) is 7.08. The van der Waals surface area contributed by atoms with E-state index in [1.54, 1.807) is 12.1 Å². The highest BCUT2D eigenvalue weighted by molar-refractivity contribution is 9.10. The molecule has 0 saturated carbocycles. The van der Waals surface area contributed by atoms with Crippen molar-refractivity contribution in [3.63, 3.8) is 0 Å². The van der Waals surface area contributed by atoms with Crippen LogP contribution >= 0.6 is 15.9 Å². The number of halogens is 3. The molecule has 10 heteroatoms. The second kappa shape index (κ2) is 9.28. The molecule has 0 amide bonds. The molecule has 0 saturated heterocycles. The molecule has 7 nitrogen and oxygen atoms in total. The summed E-state index contributed by atoms with van der Waals surface area (Å²) in [5.74, 6) is -1.60. The fourth-order valence-electron chi connectivity index (χ4n) is 2.31. The van der Waals surface area contributed by atoms with Crippen LogP contribution in [-0.4, -0.2) is 23.1 Å². The van der Waals surface area contributed by atoms with Gasteiger partial charge < -0.3 is 4.74 Å². The third-order valence-electron chi connectivity index (χ3n) is 3.61. The summed E-state index contributed by atoms with van der Waals surface area (Å²) in [6, 6.07) is 8.14. The van der Waals surface area contributed by atoms with Gasteiger partial charge in [-0.05, 0) is 34.0 Å². The van der Waals surface area contributed by atoms with Crippen LogP contribution in [0.5, 0.6) is 0 Å². The number of nitro groups is 2. The minimum absolute atomic E-state index is 0.103. The van der Waals surface area contributed by atoms with Crippen molar-refractivity contribution >= 4 is 32.9 Å². The van der Waals surface area contributed by atoms with Gasteiger partial charge in [0.1, 0.15) is 0 Å². The molecule has 0 N–H and O–H groups in total. The lowest BCUT2D eigenvalue weighted by Crippen LogP contribution is -2.05. The Bertz CT molecular complexity index is 905. The fourth-order valence-corrected chi connectivity index (χ4v) is 2.67. The molecule has 27 heavy (non-hydrogen) atoms. The van der Waals surface area contributed by atoms with E-state index >= 15 is 0 Å². The first-order valence-corrected chi connectivity index (χ1v) is 8.40. The van der Waals surface area contributed by atoms with Crippen molar-refractivity contribution in [1.82, 2.24) is 0 Å². The van der Waals surface area contributed by atoms with Crippen LogP contribution in [0.15, 0.2) is 46.9 Å². The molecular formula is C17H13BrF2N2O5. The number of hydrogen-bond donors (Lipinski definition) is 0. The molecule has 0 radical (unpaired) electrons. The highest BCUT2D eigenvalue weighted by Crippen LogP contribution is 2.28. The summed E-state index contributed by atoms with van der Waals surface area (Å²) in [4.78, 5) is 19.2. The first-order chi connectivity index (χ1) is 12.8. The maximum Gasteiger partial charge on any atom is 0.305 e. The number of nitro benzene ring substituents is 2. The van der Waals surface area contributed by atoms with E-state index in [-0.39, 0.29) is 4.47 Å². The highest BCUT2D eigenvalue weighted by atomic mass is 79.9. The van der Waals surface area contributed by atoms with Gasteiger partial charge in [-0.1, -0.05) is 24.3 Å². The predicted molar refractivity (Wildman–Crippen MR) is 97.2 cm³/mol. The molecular weight excluding hydrogens is 430 g/mol. The summed E-state index contributed by atoms with van der Waals surface area (Å²) in [5.41, 5.74) is 0.0780. The van der Waals surface area contributed by atoms with E-state index in [0.29, 0.717) is 25.2 Å². The number of hydrogen-bond acceptors (Lipinski definition) is 5. The zero-order chi connectivity index (χ0) is 20.0. The van der Waals surface area contributed by atoms with Crippen molar-refractivity contribution in [3.05, 3.63) is 84.4 Å². The summed E-state index contributed by atoms with van der Waals surface area (Å²) in [6.07, 6.45) is 2.34. The largest absolute Gasteiger partial charge is 0.377 e. The van der Waals surface area contributed by atoms with Crippen LogP contribution in [0.2, 0.25) is 0 Å². The average Bonchev–Trinajstić information content (AvgIpc) is 2.65. The van der Waals surface area contributed by atoms with E-state index in [2.05, 4.69) is 15.9 Å². The molecule has 0 aromatic heterocycles. The van der Waals surface area contributed by atoms with Gasteiger partial charge in [0.05, 0.1) is 27.5 Å². The summed E-state index contributed by atoms with van der Waals surface area (Å²) >= 11 is 2.83. The average molecular weight is 443 g/mol. The van der Waals surface area contributed by atoms with E-state index in [4.69, 9.17) is 4.74 Å². The Morgan fingerprint density at radius 1 is 0.963 bits per heavy atom. The molecule has 0 fully saturated rings. The van der Waals surface area contributed by atoms with E-state index < -0.39 is 32.9 Å². The molecule has 142 valence electrons. The van der Waals surface area contributed by atoms with Crippen LogP contribution in [0, 0.1) is 31.9 Å². The van der Waals surface area contributed by atoms with Crippen LogP contribution in [0.3, 0.4) is 0 Å². The first-order valence-electron chi connectivity index (χ1n) is 7.61. The molecule has 0 atom stereocenters. The van der Waals surface area contributed by atoms with Gasteiger partial charge in [-0.2, -0.15) is 8.78 Å². The Morgan fingerprint density at radius 3 is 2.07 bits per heavy atom. The maximum atomic E-state index is 13.8. The molecule has 0 unspecified atom stereocenters. The van der Waals surface area contributed by atoms with Crippen LogP contribution in [0.25, 0.3) is 5.57 Å². The van der Waals surface area contributed by atoms with E-state index in [1.807, 2.05) is 0 Å². The van der Waals surface area contributed by atoms with Crippen molar-refractivity contribution in [3.8, 4) is 0 Å². The first kappa shape index (κ1) is 20.6. The smallest absolute Gasteiger partial charge is 0.305 e. The summed E-state index contributed by atoms with van der Waals surface area (Å²) in [6.45, 7) is 0.950. The van der Waals surface area contributed by atoms with Gasteiger partial charge >= 0.3 is 11.4 Å². The van der Waals surface area contributed by atoms with Crippen molar-refractivity contribution in [2.45, 2.75) is 6.42 Å². The zero-order valence-corrected chi connectivity index (χ0v) is 15.3. The van der Waals surface area contributed by atoms with Crippen molar-refractivity contribution < 1.29 is 23.4 Å². The lowest BCUT2D eigenvalue weighted by atomic mass is 10.0. The number of nitrogens with zero attached hydrogens (tertiary/aromatic N) is 2. The SMILES string of the molecule is O=[N+]([O-])c1cccc(Br)c1F.O=[N+]([O-])c1cccc(C2=CCOCC2)c1F. The van der Waals surface area contributed by atoms with Crippen LogP contribution in [-0.2, 0) is 4.74 Å². The molecule has 1 aliphatic rings. The minimum Gasteiger partial charge on any atom is -0.377 e. The van der Waals surface area contributed by atoms with Crippen LogP contribution in [0.1, 0.15) is 12.0 Å². The third kappa shape index (κ3) is 5.14. The highest BCUT2D eigenvalue weighted by Gasteiger charge is 2.20. The molecule has 0 bridgehead atoms. The Hall–Kier alpha value is -2.72. The topological polar surface area (TPSA) is 95.5 Å². The second-order valence-corrected chi connectivity index (χ2v) is 6.13. The molecule has 1 heterocycles. The minimum atomic E-state index is -0.836. The van der Waals surface area contributed by atoms with E-state index in [1.165, 1.54) is 24.3 Å². The van der Waals surface area contributed by atoms with Crippen LogP contribution < -0.4 is 0 Å². The molecule has 3 rings (SSSR count). The molecule has 2 aromatic carbocycles. The zero-order valence-electron chi connectivity index (χ0n) is 13.7. The Labute approximate surface area is 160 Å². The molecule has 2 aromatic rings. The molecule has 0 aliphatic carbocycles. The van der Waals surface area contributed by atoms with Crippen molar-refractivity contribution in [2.75, 3.05) is 13.2 Å². The predicted octanol–water partition coefficient (Wildman–Crippen LogP) is 5.03. The second-order valence-electron chi connectivity index (χ2n) is 5.28. The van der Waals surface area contributed by atoms with Gasteiger partial charge in [-0.15, -0.1) is 0 Å². The number of ether oxygens (including phenoxy) is 1. The maximum absolute atomic E-state index is 13.8. The van der Waals surface area contributed by atoms with Gasteiger partial charge in [0.2, 0.25) is 11.6 Å². The van der Waals surface area contributed by atoms with E-state index in [9.17, 15) is 29.0 Å². The lowest BCUT2D eigenvalue weighted by Gasteiger charge is -2.14. The number of benzene rings is 2. The van der Waals surface area contributed by atoms with Gasteiger partial charge in [0.15, 0.2) is 0 Å². The van der Waals surface area contributed by atoms with Crippen molar-refractivity contribution in [2.24, 2.45) is 0 Å². The quantitative estimate of drug-likeness (QED) is 0.490. The van der Waals surface area contributed by atoms with Gasteiger partial charge in [-0.25, -0.2) is 0 Å². The fraction of sp³-hybridized carbons (Fsp3) is 0.176. The standard InChI is InChI=1S/C11H10FNO3.C6H3BrFNO2/c12-11-9(8-4-6-16-7-5-8)2-1-3-10(11)13(14)15;7-4-2-1-3-5(6(4)8)9(10)11/h1-4H,5-7H2;1-3H. The van der Waals surface area contributed by atoms with Gasteiger partial charge in [0.25, 0.3) is 0 Å². The Balaban J connectivity index is 0.000000208. The normalized spacial score (nSPS) is 13.2. The van der Waals surface area contributed by atoms with Crippen LogP contribution in [0.4, 0.5) is 20.2 Å². The molecule has 1 aliphatic heterocycles. The summed E-state index contributed by atoms with van der Waals surface area (Å²) < 4.78 is 31.8. The molecule has 0 spiro atoms.